The molecule has 0 aliphatic rings. The van der Waals surface area contributed by atoms with E-state index in [0.717, 1.165) is 27.7 Å². The second kappa shape index (κ2) is 4.77. The molecule has 0 heterocycles. The molecule has 2 aromatic carbocycles. The van der Waals surface area contributed by atoms with E-state index >= 15 is 0 Å². The highest BCUT2D eigenvalue weighted by Gasteiger charge is 2.11. The first-order valence-corrected chi connectivity index (χ1v) is 7.90. The Hall–Kier alpha value is 1.10. The second-order valence-electron chi connectivity index (χ2n) is 2.95. The standard InChI is InChI=1S/C10H3Br5/c11-5-2-1-4-3-6(12)9(14)10(15)7(4)8(5)13/h1-3H. The SMILES string of the molecule is Brc1cc2ccc(Br)c(Br)c2c(Br)c1Br. The van der Waals surface area contributed by atoms with Gasteiger partial charge in [0.2, 0.25) is 0 Å². The molecule has 2 rings (SSSR count). The van der Waals surface area contributed by atoms with Crippen LogP contribution >= 0.6 is 79.6 Å². The van der Waals surface area contributed by atoms with Crippen molar-refractivity contribution in [2.75, 3.05) is 0 Å². The molecule has 0 saturated carbocycles. The Morgan fingerprint density at radius 1 is 0.667 bits per heavy atom. The number of fused-ring (bicyclic) bond motifs is 1. The predicted molar refractivity (Wildman–Crippen MR) is 82.4 cm³/mol. The Balaban J connectivity index is 3.00. The molecule has 78 valence electrons. The van der Waals surface area contributed by atoms with Crippen LogP contribution in [0.3, 0.4) is 0 Å². The predicted octanol–water partition coefficient (Wildman–Crippen LogP) is 6.65. The Labute approximate surface area is 129 Å². The number of halogens is 5. The lowest BCUT2D eigenvalue weighted by atomic mass is 10.1. The average molecular weight is 523 g/mol. The van der Waals surface area contributed by atoms with Gasteiger partial charge in [-0.25, -0.2) is 0 Å². The Kier molecular flexibility index (Phi) is 3.99. The van der Waals surface area contributed by atoms with Gasteiger partial charge in [-0.2, -0.15) is 0 Å². The summed E-state index contributed by atoms with van der Waals surface area (Å²) in [4.78, 5) is 0. The van der Waals surface area contributed by atoms with Crippen LogP contribution in [0.15, 0.2) is 40.6 Å². The van der Waals surface area contributed by atoms with E-state index in [-0.39, 0.29) is 0 Å². The summed E-state index contributed by atoms with van der Waals surface area (Å²) in [5.74, 6) is 0. The van der Waals surface area contributed by atoms with Crippen LogP contribution in [0.25, 0.3) is 10.8 Å². The van der Waals surface area contributed by atoms with Crippen molar-refractivity contribution in [1.82, 2.24) is 0 Å². The number of rotatable bonds is 0. The van der Waals surface area contributed by atoms with Gasteiger partial charge in [-0.1, -0.05) is 6.07 Å². The van der Waals surface area contributed by atoms with Crippen LogP contribution < -0.4 is 0 Å². The van der Waals surface area contributed by atoms with Gasteiger partial charge in [0.15, 0.2) is 0 Å². The fraction of sp³-hybridized carbons (Fsp3) is 0. The van der Waals surface area contributed by atoms with Crippen LogP contribution in [0.1, 0.15) is 0 Å². The van der Waals surface area contributed by atoms with Crippen molar-refractivity contribution in [2.45, 2.75) is 0 Å². The molecule has 0 atom stereocenters. The average Bonchev–Trinajstić information content (AvgIpc) is 2.20. The van der Waals surface area contributed by atoms with E-state index in [1.165, 1.54) is 5.39 Å². The molecule has 0 aliphatic heterocycles. The lowest BCUT2D eigenvalue weighted by Crippen LogP contribution is -1.82. The molecule has 0 amide bonds. The number of benzene rings is 2. The molecule has 0 fully saturated rings. The van der Waals surface area contributed by atoms with E-state index in [2.05, 4.69) is 91.8 Å². The first-order valence-electron chi connectivity index (χ1n) is 3.93. The Morgan fingerprint density at radius 3 is 2.00 bits per heavy atom. The zero-order valence-corrected chi connectivity index (χ0v) is 15.1. The van der Waals surface area contributed by atoms with Crippen LogP contribution in [-0.4, -0.2) is 0 Å². The minimum Gasteiger partial charge on any atom is -0.0531 e. The zero-order valence-electron chi connectivity index (χ0n) is 7.12. The molecule has 0 aliphatic carbocycles. The van der Waals surface area contributed by atoms with Crippen molar-refractivity contribution in [3.63, 3.8) is 0 Å². The van der Waals surface area contributed by atoms with Gasteiger partial charge in [0.1, 0.15) is 0 Å². The maximum Gasteiger partial charge on any atom is 0.0466 e. The minimum absolute atomic E-state index is 1.02. The molecule has 0 unspecified atom stereocenters. The summed E-state index contributed by atoms with van der Waals surface area (Å²) in [6, 6.07) is 6.19. The maximum absolute atomic E-state index is 3.59. The van der Waals surface area contributed by atoms with Gasteiger partial charge in [-0.05, 0) is 97.2 Å². The molecule has 5 heteroatoms. The van der Waals surface area contributed by atoms with E-state index in [1.54, 1.807) is 0 Å². The first kappa shape index (κ1) is 12.6. The topological polar surface area (TPSA) is 0 Å². The highest BCUT2D eigenvalue weighted by molar-refractivity contribution is 9.14. The van der Waals surface area contributed by atoms with E-state index in [0.29, 0.717) is 0 Å². The van der Waals surface area contributed by atoms with Gasteiger partial charge >= 0.3 is 0 Å². The molecule has 0 nitrogen and oxygen atoms in total. The highest BCUT2D eigenvalue weighted by atomic mass is 79.9. The summed E-state index contributed by atoms with van der Waals surface area (Å²) >= 11 is 17.7. The van der Waals surface area contributed by atoms with E-state index in [1.807, 2.05) is 6.07 Å². The summed E-state index contributed by atoms with van der Waals surface area (Å²) in [7, 11) is 0. The van der Waals surface area contributed by atoms with Gasteiger partial charge in [0, 0.05) is 27.7 Å². The fourth-order valence-corrected chi connectivity index (χ4v) is 4.14. The van der Waals surface area contributed by atoms with E-state index in [9.17, 15) is 0 Å². The van der Waals surface area contributed by atoms with Crippen LogP contribution in [-0.2, 0) is 0 Å². The summed E-state index contributed by atoms with van der Waals surface area (Å²) in [6.45, 7) is 0. The van der Waals surface area contributed by atoms with Crippen molar-refractivity contribution in [3.8, 4) is 0 Å². The molecule has 0 saturated heterocycles. The zero-order chi connectivity index (χ0) is 11.2. The molecule has 0 bridgehead atoms. The first-order chi connectivity index (χ1) is 7.02. The Morgan fingerprint density at radius 2 is 1.33 bits per heavy atom. The lowest BCUT2D eigenvalue weighted by molar-refractivity contribution is 1.56. The summed E-state index contributed by atoms with van der Waals surface area (Å²) in [5.41, 5.74) is 0. The number of hydrogen-bond donors (Lipinski definition) is 0. The minimum atomic E-state index is 1.02. The molecule has 0 spiro atoms. The summed E-state index contributed by atoms with van der Waals surface area (Å²) in [5, 5.41) is 2.33. The van der Waals surface area contributed by atoms with Crippen molar-refractivity contribution in [2.24, 2.45) is 0 Å². The van der Waals surface area contributed by atoms with Crippen LogP contribution in [0.4, 0.5) is 0 Å². The van der Waals surface area contributed by atoms with Gasteiger partial charge in [-0.15, -0.1) is 0 Å². The largest absolute Gasteiger partial charge is 0.0531 e. The van der Waals surface area contributed by atoms with Gasteiger partial charge in [-0.3, -0.25) is 0 Å². The quantitative estimate of drug-likeness (QED) is 0.340. The summed E-state index contributed by atoms with van der Waals surface area (Å²) < 4.78 is 5.20. The molecule has 0 aromatic heterocycles. The third-order valence-electron chi connectivity index (χ3n) is 2.03. The van der Waals surface area contributed by atoms with Crippen molar-refractivity contribution in [3.05, 3.63) is 40.6 Å². The van der Waals surface area contributed by atoms with Crippen LogP contribution in [0.2, 0.25) is 0 Å². The monoisotopic (exact) mass is 518 g/mol. The van der Waals surface area contributed by atoms with E-state index < -0.39 is 0 Å². The van der Waals surface area contributed by atoms with Crippen molar-refractivity contribution < 1.29 is 0 Å². The van der Waals surface area contributed by atoms with Gasteiger partial charge in [0.05, 0.1) is 0 Å². The van der Waals surface area contributed by atoms with Crippen molar-refractivity contribution in [1.29, 1.82) is 0 Å². The summed E-state index contributed by atoms with van der Waals surface area (Å²) in [6.07, 6.45) is 0. The number of hydrogen-bond acceptors (Lipinski definition) is 0. The smallest absolute Gasteiger partial charge is 0.0466 e. The molecule has 2 aromatic rings. The van der Waals surface area contributed by atoms with E-state index in [4.69, 9.17) is 0 Å². The second-order valence-corrected chi connectivity index (χ2v) is 7.03. The fourth-order valence-electron chi connectivity index (χ4n) is 1.32. The normalized spacial score (nSPS) is 11.0. The van der Waals surface area contributed by atoms with Gasteiger partial charge < -0.3 is 0 Å². The molecular weight excluding hydrogens is 520 g/mol. The van der Waals surface area contributed by atoms with Crippen LogP contribution in [0.5, 0.6) is 0 Å². The van der Waals surface area contributed by atoms with Crippen LogP contribution in [0, 0.1) is 0 Å². The molecule has 0 radical (unpaired) electrons. The third-order valence-corrected chi connectivity index (χ3v) is 7.35. The van der Waals surface area contributed by atoms with Gasteiger partial charge in [0.25, 0.3) is 0 Å². The molecule has 0 N–H and O–H groups in total. The lowest BCUT2D eigenvalue weighted by Gasteiger charge is -2.08. The van der Waals surface area contributed by atoms with Crippen molar-refractivity contribution >= 4 is 90.4 Å². The molecule has 15 heavy (non-hydrogen) atoms. The Bertz CT molecular complexity index is 547. The molecular formula is C10H3Br5. The maximum atomic E-state index is 3.59. The highest BCUT2D eigenvalue weighted by Crippen LogP contribution is 2.42. The third kappa shape index (κ3) is 2.23.